The van der Waals surface area contributed by atoms with Crippen LogP contribution in [-0.4, -0.2) is 81.0 Å². The summed E-state index contributed by atoms with van der Waals surface area (Å²) in [5, 5.41) is 36.9. The molecule has 4 amide bonds. The SMILES string of the molecule is CC[C@H](C)[C@H](NC(C)=O)C(=O)N[C@@H](CCC(=O)O)C(=O)N[C@@H](Cc1ccccc1)C(=O)N[C@@H](CC(=O)O)C(=O)O. The molecule has 7 N–H and O–H groups in total. The van der Waals surface area contributed by atoms with Crippen LogP contribution in [0, 0.1) is 5.92 Å². The summed E-state index contributed by atoms with van der Waals surface area (Å²) < 4.78 is 0. The molecule has 0 aliphatic heterocycles. The second-order valence-corrected chi connectivity index (χ2v) is 9.31. The number of rotatable bonds is 17. The Kier molecular flexibility index (Phi) is 13.8. The van der Waals surface area contributed by atoms with Gasteiger partial charge in [-0.3, -0.25) is 28.8 Å². The normalized spacial score (nSPS) is 14.4. The highest BCUT2D eigenvalue weighted by Gasteiger charge is 2.33. The van der Waals surface area contributed by atoms with Crippen LogP contribution in [0.3, 0.4) is 0 Å². The van der Waals surface area contributed by atoms with E-state index in [0.717, 1.165) is 0 Å². The fourth-order valence-corrected chi connectivity index (χ4v) is 3.70. The van der Waals surface area contributed by atoms with Crippen LogP contribution in [-0.2, 0) is 40.0 Å². The van der Waals surface area contributed by atoms with Gasteiger partial charge in [-0.1, -0.05) is 50.6 Å². The maximum Gasteiger partial charge on any atom is 0.326 e. The van der Waals surface area contributed by atoms with Gasteiger partial charge in [0.1, 0.15) is 24.2 Å². The predicted molar refractivity (Wildman–Crippen MR) is 140 cm³/mol. The summed E-state index contributed by atoms with van der Waals surface area (Å²) in [5.74, 6) is -7.78. The molecule has 0 fully saturated rings. The highest BCUT2D eigenvalue weighted by Crippen LogP contribution is 2.11. The molecule has 0 aliphatic carbocycles. The van der Waals surface area contributed by atoms with E-state index < -0.39 is 78.5 Å². The van der Waals surface area contributed by atoms with E-state index in [9.17, 15) is 38.7 Å². The smallest absolute Gasteiger partial charge is 0.326 e. The first kappa shape index (κ1) is 33.5. The van der Waals surface area contributed by atoms with Crippen LogP contribution >= 0.6 is 0 Å². The standard InChI is InChI=1S/C26H36N4O10/c1-4-14(2)22(27-15(3)31)25(38)28-17(10-11-20(32)33)23(36)29-18(12-16-8-6-5-7-9-16)24(37)30-19(26(39)40)13-21(34)35/h5-9,14,17-19,22H,4,10-13H2,1-3H3,(H,27,31)(H,28,38)(H,29,36)(H,30,37)(H,32,33)(H,34,35)(H,39,40)/t14-,17-,18-,19-,22-/m0/s1. The van der Waals surface area contributed by atoms with Crippen molar-refractivity contribution in [1.82, 2.24) is 21.3 Å². The first-order valence-electron chi connectivity index (χ1n) is 12.6. The Bertz CT molecular complexity index is 1080. The number of carboxylic acids is 3. The van der Waals surface area contributed by atoms with E-state index in [2.05, 4.69) is 21.3 Å². The van der Waals surface area contributed by atoms with Gasteiger partial charge in [-0.25, -0.2) is 4.79 Å². The van der Waals surface area contributed by atoms with Crippen LogP contribution in [0.4, 0.5) is 0 Å². The van der Waals surface area contributed by atoms with Gasteiger partial charge >= 0.3 is 17.9 Å². The summed E-state index contributed by atoms with van der Waals surface area (Å²) in [6.07, 6.45) is -1.40. The lowest BCUT2D eigenvalue weighted by Gasteiger charge is -2.27. The summed E-state index contributed by atoms with van der Waals surface area (Å²) in [5.41, 5.74) is 0.571. The average molecular weight is 565 g/mol. The summed E-state index contributed by atoms with van der Waals surface area (Å²) >= 11 is 0. The Balaban J connectivity index is 3.26. The molecule has 0 heterocycles. The predicted octanol–water partition coefficient (Wildman–Crippen LogP) is -0.342. The Morgan fingerprint density at radius 3 is 1.80 bits per heavy atom. The molecular weight excluding hydrogens is 528 g/mol. The van der Waals surface area contributed by atoms with Crippen LogP contribution in [0.1, 0.15) is 52.0 Å². The highest BCUT2D eigenvalue weighted by atomic mass is 16.4. The Hall–Kier alpha value is -4.49. The first-order valence-corrected chi connectivity index (χ1v) is 12.6. The second kappa shape index (κ2) is 16.5. The topological polar surface area (TPSA) is 228 Å². The number of hydrogen-bond donors (Lipinski definition) is 7. The summed E-state index contributed by atoms with van der Waals surface area (Å²) in [7, 11) is 0. The zero-order valence-electron chi connectivity index (χ0n) is 22.5. The van der Waals surface area contributed by atoms with Gasteiger partial charge in [0.25, 0.3) is 0 Å². The highest BCUT2D eigenvalue weighted by molar-refractivity contribution is 5.95. The first-order chi connectivity index (χ1) is 18.7. The van der Waals surface area contributed by atoms with Gasteiger partial charge in [0, 0.05) is 19.8 Å². The maximum absolute atomic E-state index is 13.3. The average Bonchev–Trinajstić information content (AvgIpc) is 2.88. The summed E-state index contributed by atoms with van der Waals surface area (Å²) in [6.45, 7) is 4.73. The molecule has 0 radical (unpaired) electrons. The van der Waals surface area contributed by atoms with Crippen LogP contribution < -0.4 is 21.3 Å². The van der Waals surface area contributed by atoms with Crippen molar-refractivity contribution in [2.75, 3.05) is 0 Å². The van der Waals surface area contributed by atoms with Gasteiger partial charge in [0.15, 0.2) is 0 Å². The third-order valence-corrected chi connectivity index (χ3v) is 6.04. The van der Waals surface area contributed by atoms with Gasteiger partial charge in [0.2, 0.25) is 23.6 Å². The molecule has 0 saturated carbocycles. The number of aliphatic carboxylic acids is 3. The quantitative estimate of drug-likeness (QED) is 0.130. The second-order valence-electron chi connectivity index (χ2n) is 9.31. The lowest BCUT2D eigenvalue weighted by atomic mass is 9.97. The van der Waals surface area contributed by atoms with E-state index in [1.165, 1.54) is 6.92 Å². The Morgan fingerprint density at radius 1 is 0.750 bits per heavy atom. The van der Waals surface area contributed by atoms with E-state index >= 15 is 0 Å². The molecule has 1 aromatic carbocycles. The van der Waals surface area contributed by atoms with Crippen LogP contribution in [0.25, 0.3) is 0 Å². The van der Waals surface area contributed by atoms with Gasteiger partial charge in [-0.15, -0.1) is 0 Å². The number of carbonyl (C=O) groups is 7. The molecule has 14 nitrogen and oxygen atoms in total. The minimum Gasteiger partial charge on any atom is -0.481 e. The molecule has 0 bridgehead atoms. The summed E-state index contributed by atoms with van der Waals surface area (Å²) in [4.78, 5) is 84.7. The van der Waals surface area contributed by atoms with E-state index in [4.69, 9.17) is 10.2 Å². The number of nitrogens with one attached hydrogen (secondary N) is 4. The number of carboxylic acid groups (broad SMARTS) is 3. The fraction of sp³-hybridized carbons (Fsp3) is 0.500. The van der Waals surface area contributed by atoms with Gasteiger partial charge in [0.05, 0.1) is 6.42 Å². The van der Waals surface area contributed by atoms with E-state index in [0.29, 0.717) is 12.0 Å². The largest absolute Gasteiger partial charge is 0.481 e. The molecule has 14 heteroatoms. The number of hydrogen-bond acceptors (Lipinski definition) is 7. The number of amides is 4. The maximum atomic E-state index is 13.3. The molecular formula is C26H36N4O10. The fourth-order valence-electron chi connectivity index (χ4n) is 3.70. The van der Waals surface area contributed by atoms with Gasteiger partial charge in [-0.05, 0) is 17.9 Å². The van der Waals surface area contributed by atoms with Gasteiger partial charge < -0.3 is 36.6 Å². The van der Waals surface area contributed by atoms with Crippen LogP contribution in [0.2, 0.25) is 0 Å². The lowest BCUT2D eigenvalue weighted by molar-refractivity contribution is -0.147. The molecule has 0 spiro atoms. The summed E-state index contributed by atoms with van der Waals surface area (Å²) in [6, 6.07) is 2.71. The molecule has 40 heavy (non-hydrogen) atoms. The minimum absolute atomic E-state index is 0.126. The van der Waals surface area contributed by atoms with Crippen molar-refractivity contribution in [2.45, 2.75) is 77.0 Å². The van der Waals surface area contributed by atoms with Crippen molar-refractivity contribution >= 4 is 41.5 Å². The monoisotopic (exact) mass is 564 g/mol. The molecule has 0 unspecified atom stereocenters. The van der Waals surface area contributed by atoms with E-state index in [-0.39, 0.29) is 18.8 Å². The molecule has 5 atom stereocenters. The van der Waals surface area contributed by atoms with E-state index in [1.807, 2.05) is 0 Å². The lowest BCUT2D eigenvalue weighted by Crippen LogP contribution is -2.59. The zero-order chi connectivity index (χ0) is 30.4. The van der Waals surface area contributed by atoms with Crippen molar-refractivity contribution in [3.05, 3.63) is 35.9 Å². The van der Waals surface area contributed by atoms with Crippen molar-refractivity contribution in [1.29, 1.82) is 0 Å². The van der Waals surface area contributed by atoms with Crippen LogP contribution in [0.5, 0.6) is 0 Å². The van der Waals surface area contributed by atoms with Crippen molar-refractivity contribution < 1.29 is 48.9 Å². The van der Waals surface area contributed by atoms with Crippen molar-refractivity contribution in [3.63, 3.8) is 0 Å². The third-order valence-electron chi connectivity index (χ3n) is 6.04. The van der Waals surface area contributed by atoms with E-state index in [1.54, 1.807) is 44.2 Å². The Morgan fingerprint density at radius 2 is 1.30 bits per heavy atom. The molecule has 0 aliphatic rings. The van der Waals surface area contributed by atoms with Gasteiger partial charge in [-0.2, -0.15) is 0 Å². The third kappa shape index (κ3) is 11.9. The molecule has 0 saturated heterocycles. The number of benzene rings is 1. The molecule has 0 aromatic heterocycles. The minimum atomic E-state index is -1.78. The zero-order valence-corrected chi connectivity index (χ0v) is 22.5. The number of carbonyl (C=O) groups excluding carboxylic acids is 4. The van der Waals surface area contributed by atoms with Crippen molar-refractivity contribution in [2.24, 2.45) is 5.92 Å². The molecule has 1 aromatic rings. The Labute approximate surface area is 230 Å². The molecule has 1 rings (SSSR count). The molecule has 220 valence electrons. The van der Waals surface area contributed by atoms with Crippen molar-refractivity contribution in [3.8, 4) is 0 Å². The van der Waals surface area contributed by atoms with Crippen LogP contribution in [0.15, 0.2) is 30.3 Å².